The lowest BCUT2D eigenvalue weighted by molar-refractivity contribution is 0.0133. The Morgan fingerprint density at radius 3 is 2.81 bits per heavy atom. The molecule has 0 aromatic rings. The number of hydrogen-bond acceptors (Lipinski definition) is 4. The van der Waals surface area contributed by atoms with E-state index in [2.05, 4.69) is 0 Å². The topological polar surface area (TPSA) is 64.8 Å². The minimum Gasteiger partial charge on any atom is -0.444 e. The molecular weight excluding hydrogens is 208 g/mol. The maximum atomic E-state index is 11.9. The molecule has 0 aliphatic carbocycles. The first-order valence-corrected chi connectivity index (χ1v) is 5.71. The van der Waals surface area contributed by atoms with Crippen LogP contribution in [-0.4, -0.2) is 48.9 Å². The molecule has 0 aromatic carbocycles. The molecular formula is C11H22N2O3. The summed E-state index contributed by atoms with van der Waals surface area (Å²) in [6.07, 6.45) is 0.531. The summed E-state index contributed by atoms with van der Waals surface area (Å²) in [7, 11) is 0. The minimum atomic E-state index is -0.469. The summed E-state index contributed by atoms with van der Waals surface area (Å²) in [4.78, 5) is 13.6. The fraction of sp³-hybridized carbons (Fsp3) is 0.909. The molecule has 5 heteroatoms. The van der Waals surface area contributed by atoms with E-state index in [1.54, 1.807) is 4.90 Å². The third-order valence-electron chi connectivity index (χ3n) is 2.34. The Morgan fingerprint density at radius 2 is 2.25 bits per heavy atom. The maximum absolute atomic E-state index is 11.9. The van der Waals surface area contributed by atoms with Crippen LogP contribution in [0.4, 0.5) is 4.79 Å². The molecule has 2 N–H and O–H groups in total. The Morgan fingerprint density at radius 1 is 1.56 bits per heavy atom. The Balaban J connectivity index is 2.63. The van der Waals surface area contributed by atoms with E-state index in [1.807, 2.05) is 20.8 Å². The fourth-order valence-corrected chi connectivity index (χ4v) is 1.59. The Hall–Kier alpha value is -0.810. The smallest absolute Gasteiger partial charge is 0.410 e. The number of rotatable bonds is 1. The number of carbonyl (C=O) groups is 1. The van der Waals surface area contributed by atoms with Crippen LogP contribution in [-0.2, 0) is 9.47 Å². The lowest BCUT2D eigenvalue weighted by Crippen LogP contribution is -2.48. The van der Waals surface area contributed by atoms with E-state index in [0.29, 0.717) is 26.3 Å². The maximum Gasteiger partial charge on any atom is 0.410 e. The van der Waals surface area contributed by atoms with Crippen LogP contribution >= 0.6 is 0 Å². The van der Waals surface area contributed by atoms with Crippen LogP contribution in [0.3, 0.4) is 0 Å². The molecule has 1 aliphatic heterocycles. The zero-order chi connectivity index (χ0) is 12.2. The highest BCUT2D eigenvalue weighted by Crippen LogP contribution is 2.14. The van der Waals surface area contributed by atoms with Crippen molar-refractivity contribution in [3.05, 3.63) is 0 Å². The van der Waals surface area contributed by atoms with Gasteiger partial charge in [-0.2, -0.15) is 0 Å². The largest absolute Gasteiger partial charge is 0.444 e. The van der Waals surface area contributed by atoms with Gasteiger partial charge in [0.2, 0.25) is 0 Å². The monoisotopic (exact) mass is 230 g/mol. The van der Waals surface area contributed by atoms with Gasteiger partial charge in [0.1, 0.15) is 5.60 Å². The molecule has 1 saturated heterocycles. The zero-order valence-electron chi connectivity index (χ0n) is 10.4. The molecule has 1 unspecified atom stereocenters. The van der Waals surface area contributed by atoms with Crippen molar-refractivity contribution in [2.24, 2.45) is 5.73 Å². The molecule has 1 fully saturated rings. The lowest BCUT2D eigenvalue weighted by atomic mass is 10.2. The molecule has 94 valence electrons. The third-order valence-corrected chi connectivity index (χ3v) is 2.34. The second-order valence-corrected chi connectivity index (χ2v) is 4.99. The first kappa shape index (κ1) is 13.3. The van der Waals surface area contributed by atoms with Crippen LogP contribution in [0.2, 0.25) is 0 Å². The minimum absolute atomic E-state index is 0.0719. The average Bonchev–Trinajstić information content (AvgIpc) is 2.39. The van der Waals surface area contributed by atoms with Gasteiger partial charge in [-0.3, -0.25) is 0 Å². The first-order chi connectivity index (χ1) is 7.44. The number of amides is 1. The van der Waals surface area contributed by atoms with Crippen LogP contribution < -0.4 is 5.73 Å². The standard InChI is InChI=1S/C11H22N2O3/c1-11(2,3)16-10(14)13-5-4-6-15-8-9(13)7-12/h9H,4-8,12H2,1-3H3. The van der Waals surface area contributed by atoms with E-state index in [4.69, 9.17) is 15.2 Å². The predicted octanol–water partition coefficient (Wildman–Crippen LogP) is 0.971. The van der Waals surface area contributed by atoms with E-state index >= 15 is 0 Å². The SMILES string of the molecule is CC(C)(C)OC(=O)N1CCCOCC1CN. The second-order valence-electron chi connectivity index (χ2n) is 4.99. The van der Waals surface area contributed by atoms with Crippen LogP contribution in [0.1, 0.15) is 27.2 Å². The van der Waals surface area contributed by atoms with Gasteiger partial charge in [0, 0.05) is 19.7 Å². The highest BCUT2D eigenvalue weighted by Gasteiger charge is 2.28. The molecule has 16 heavy (non-hydrogen) atoms. The number of hydrogen-bond donors (Lipinski definition) is 1. The van der Waals surface area contributed by atoms with Crippen molar-refractivity contribution in [2.75, 3.05) is 26.3 Å². The third kappa shape index (κ3) is 3.98. The molecule has 1 amide bonds. The molecule has 0 bridgehead atoms. The van der Waals surface area contributed by atoms with Gasteiger partial charge in [0.05, 0.1) is 12.6 Å². The molecule has 5 nitrogen and oxygen atoms in total. The summed E-state index contributed by atoms with van der Waals surface area (Å²) in [6, 6.07) is -0.0719. The van der Waals surface area contributed by atoms with Crippen LogP contribution in [0.5, 0.6) is 0 Å². The molecule has 1 heterocycles. The van der Waals surface area contributed by atoms with Crippen LogP contribution in [0.15, 0.2) is 0 Å². The molecule has 1 aliphatic rings. The first-order valence-electron chi connectivity index (χ1n) is 5.71. The van der Waals surface area contributed by atoms with Gasteiger partial charge in [-0.05, 0) is 27.2 Å². The number of nitrogens with two attached hydrogens (primary N) is 1. The normalized spacial score (nSPS) is 22.8. The van der Waals surface area contributed by atoms with Crippen molar-refractivity contribution in [2.45, 2.75) is 38.8 Å². The Bertz CT molecular complexity index is 238. The average molecular weight is 230 g/mol. The molecule has 1 rings (SSSR count). The lowest BCUT2D eigenvalue weighted by Gasteiger charge is -2.31. The number of nitrogens with zero attached hydrogens (tertiary/aromatic N) is 1. The molecule has 0 spiro atoms. The molecule has 0 radical (unpaired) electrons. The highest BCUT2D eigenvalue weighted by molar-refractivity contribution is 5.68. The Kier molecular flexibility index (Phi) is 4.56. The van der Waals surface area contributed by atoms with E-state index in [-0.39, 0.29) is 12.1 Å². The summed E-state index contributed by atoms with van der Waals surface area (Å²) >= 11 is 0. The van der Waals surface area contributed by atoms with Crippen molar-refractivity contribution in [1.29, 1.82) is 0 Å². The van der Waals surface area contributed by atoms with Gasteiger partial charge in [-0.25, -0.2) is 4.79 Å². The van der Waals surface area contributed by atoms with Crippen molar-refractivity contribution < 1.29 is 14.3 Å². The van der Waals surface area contributed by atoms with Crippen molar-refractivity contribution in [3.63, 3.8) is 0 Å². The Labute approximate surface area is 96.9 Å². The summed E-state index contributed by atoms with van der Waals surface area (Å²) in [5.74, 6) is 0. The molecule has 0 aromatic heterocycles. The van der Waals surface area contributed by atoms with Gasteiger partial charge >= 0.3 is 6.09 Å². The van der Waals surface area contributed by atoms with Crippen LogP contribution in [0, 0.1) is 0 Å². The summed E-state index contributed by atoms with van der Waals surface area (Å²) in [5.41, 5.74) is 5.17. The van der Waals surface area contributed by atoms with Gasteiger partial charge < -0.3 is 20.1 Å². The quantitative estimate of drug-likeness (QED) is 0.729. The van der Waals surface area contributed by atoms with Gasteiger partial charge in [0.25, 0.3) is 0 Å². The van der Waals surface area contributed by atoms with E-state index in [0.717, 1.165) is 6.42 Å². The summed E-state index contributed by atoms with van der Waals surface area (Å²) < 4.78 is 10.7. The number of ether oxygens (including phenoxy) is 2. The van der Waals surface area contributed by atoms with Crippen molar-refractivity contribution in [1.82, 2.24) is 4.90 Å². The van der Waals surface area contributed by atoms with Crippen LogP contribution in [0.25, 0.3) is 0 Å². The number of carbonyl (C=O) groups excluding carboxylic acids is 1. The van der Waals surface area contributed by atoms with E-state index in [9.17, 15) is 4.79 Å². The fourth-order valence-electron chi connectivity index (χ4n) is 1.59. The highest BCUT2D eigenvalue weighted by atomic mass is 16.6. The van der Waals surface area contributed by atoms with Gasteiger partial charge in [0.15, 0.2) is 0 Å². The van der Waals surface area contributed by atoms with Gasteiger partial charge in [-0.15, -0.1) is 0 Å². The van der Waals surface area contributed by atoms with E-state index < -0.39 is 5.60 Å². The summed E-state index contributed by atoms with van der Waals surface area (Å²) in [5, 5.41) is 0. The zero-order valence-corrected chi connectivity index (χ0v) is 10.4. The van der Waals surface area contributed by atoms with Gasteiger partial charge in [-0.1, -0.05) is 0 Å². The molecule has 0 saturated carbocycles. The molecule has 1 atom stereocenters. The van der Waals surface area contributed by atoms with E-state index in [1.165, 1.54) is 0 Å². The van der Waals surface area contributed by atoms with Crippen molar-refractivity contribution >= 4 is 6.09 Å². The predicted molar refractivity (Wildman–Crippen MR) is 61.2 cm³/mol. The second kappa shape index (κ2) is 5.50. The van der Waals surface area contributed by atoms with Crippen molar-refractivity contribution in [3.8, 4) is 0 Å². The summed E-state index contributed by atoms with van der Waals surface area (Å²) in [6.45, 7) is 7.80.